The fraction of sp³-hybridized carbons (Fsp3) is 0.667. The fourth-order valence-electron chi connectivity index (χ4n) is 1.24. The lowest BCUT2D eigenvalue weighted by Crippen LogP contribution is -2.46. The van der Waals surface area contributed by atoms with Gasteiger partial charge in [0.05, 0.1) is 0 Å². The molecule has 0 radical (unpaired) electrons. The molecule has 3 nitrogen and oxygen atoms in total. The van der Waals surface area contributed by atoms with E-state index in [4.69, 9.17) is 0 Å². The van der Waals surface area contributed by atoms with E-state index in [9.17, 15) is 22.4 Å². The van der Waals surface area contributed by atoms with Gasteiger partial charge in [-0.15, -0.1) is 12.4 Å². The van der Waals surface area contributed by atoms with E-state index < -0.39 is 18.3 Å². The van der Waals surface area contributed by atoms with Gasteiger partial charge >= 0.3 is 12.3 Å². The summed E-state index contributed by atoms with van der Waals surface area (Å²) in [6, 6.07) is 0. The Morgan fingerprint density at radius 3 is 2.65 bits per heavy atom. The second kappa shape index (κ2) is 6.80. The van der Waals surface area contributed by atoms with Crippen LogP contribution in [0.5, 0.6) is 0 Å². The molecule has 1 aliphatic heterocycles. The number of amides is 1. The Balaban J connectivity index is 0.00000256. The molecule has 1 amide bonds. The summed E-state index contributed by atoms with van der Waals surface area (Å²) in [5, 5.41) is 4.80. The van der Waals surface area contributed by atoms with Crippen LogP contribution in [0.2, 0.25) is 0 Å². The van der Waals surface area contributed by atoms with Gasteiger partial charge in [0.1, 0.15) is 0 Å². The van der Waals surface area contributed by atoms with E-state index >= 15 is 0 Å². The van der Waals surface area contributed by atoms with E-state index in [-0.39, 0.29) is 19.0 Å². The summed E-state index contributed by atoms with van der Waals surface area (Å²) in [6.07, 6.45) is -1.63. The number of halogens is 5. The van der Waals surface area contributed by atoms with Crippen molar-refractivity contribution in [3.8, 4) is 0 Å². The molecule has 8 heteroatoms. The Morgan fingerprint density at radius 2 is 2.18 bits per heavy atom. The van der Waals surface area contributed by atoms with Gasteiger partial charge in [0.25, 0.3) is 5.91 Å². The number of rotatable bonds is 4. The van der Waals surface area contributed by atoms with Crippen molar-refractivity contribution in [3.63, 3.8) is 0 Å². The smallest absolute Gasteiger partial charge is 0.347 e. The van der Waals surface area contributed by atoms with Crippen molar-refractivity contribution in [3.05, 3.63) is 11.6 Å². The average molecular weight is 277 g/mol. The van der Waals surface area contributed by atoms with Crippen LogP contribution in [0.4, 0.5) is 17.6 Å². The van der Waals surface area contributed by atoms with Crippen LogP contribution in [-0.4, -0.2) is 37.9 Å². The van der Waals surface area contributed by atoms with Crippen molar-refractivity contribution < 1.29 is 22.4 Å². The first-order valence-electron chi connectivity index (χ1n) is 4.77. The standard InChI is InChI=1S/C9H12F4N2O.ClH/c10-7(11)9(12,13)8(16)15-5-6-1-3-14-4-2-6;/h1,7,14H,2-5H2,(H,15,16);1H. The molecule has 0 aromatic carbocycles. The number of nitrogens with one attached hydrogen (secondary N) is 2. The second-order valence-electron chi connectivity index (χ2n) is 3.42. The van der Waals surface area contributed by atoms with Crippen molar-refractivity contribution in [2.24, 2.45) is 0 Å². The maximum absolute atomic E-state index is 12.5. The highest BCUT2D eigenvalue weighted by molar-refractivity contribution is 5.85. The third-order valence-corrected chi connectivity index (χ3v) is 2.21. The first-order valence-corrected chi connectivity index (χ1v) is 4.77. The molecule has 0 spiro atoms. The minimum atomic E-state index is -4.62. The van der Waals surface area contributed by atoms with Gasteiger partial charge in [-0.3, -0.25) is 4.79 Å². The zero-order valence-corrected chi connectivity index (χ0v) is 9.63. The lowest BCUT2D eigenvalue weighted by atomic mass is 10.1. The third-order valence-electron chi connectivity index (χ3n) is 2.21. The summed E-state index contributed by atoms with van der Waals surface area (Å²) < 4.78 is 48.6. The zero-order valence-electron chi connectivity index (χ0n) is 8.81. The van der Waals surface area contributed by atoms with Crippen LogP contribution in [0, 0.1) is 0 Å². The minimum absolute atomic E-state index is 0. The van der Waals surface area contributed by atoms with Crippen molar-refractivity contribution in [1.29, 1.82) is 0 Å². The molecule has 0 aromatic rings. The van der Waals surface area contributed by atoms with Crippen molar-refractivity contribution >= 4 is 18.3 Å². The summed E-state index contributed by atoms with van der Waals surface area (Å²) in [6.45, 7) is 1.17. The van der Waals surface area contributed by atoms with Crippen LogP contribution in [0.15, 0.2) is 11.6 Å². The van der Waals surface area contributed by atoms with Crippen molar-refractivity contribution in [2.45, 2.75) is 18.8 Å². The molecule has 100 valence electrons. The molecule has 1 heterocycles. The molecule has 0 unspecified atom stereocenters. The van der Waals surface area contributed by atoms with Crippen LogP contribution in [0.25, 0.3) is 0 Å². The van der Waals surface area contributed by atoms with Crippen LogP contribution in [-0.2, 0) is 4.79 Å². The lowest BCUT2D eigenvalue weighted by Gasteiger charge is -2.17. The van der Waals surface area contributed by atoms with E-state index in [0.717, 1.165) is 5.57 Å². The van der Waals surface area contributed by atoms with Crippen LogP contribution < -0.4 is 10.6 Å². The largest absolute Gasteiger partial charge is 0.383 e. The number of hydrogen-bond donors (Lipinski definition) is 2. The molecule has 17 heavy (non-hydrogen) atoms. The molecule has 0 saturated heterocycles. The van der Waals surface area contributed by atoms with Crippen LogP contribution in [0.1, 0.15) is 6.42 Å². The number of carbonyl (C=O) groups is 1. The molecule has 0 aliphatic carbocycles. The van der Waals surface area contributed by atoms with E-state index in [1.165, 1.54) is 0 Å². The predicted octanol–water partition coefficient (Wildman–Crippen LogP) is 1.34. The summed E-state index contributed by atoms with van der Waals surface area (Å²) in [7, 11) is 0. The van der Waals surface area contributed by atoms with Gasteiger partial charge in [0, 0.05) is 13.1 Å². The predicted molar refractivity (Wildman–Crippen MR) is 56.8 cm³/mol. The Labute approximate surface area is 102 Å². The van der Waals surface area contributed by atoms with Crippen molar-refractivity contribution in [1.82, 2.24) is 10.6 Å². The van der Waals surface area contributed by atoms with Gasteiger partial charge in [0.2, 0.25) is 0 Å². The highest BCUT2D eigenvalue weighted by Crippen LogP contribution is 2.22. The van der Waals surface area contributed by atoms with E-state index in [1.807, 2.05) is 5.32 Å². The minimum Gasteiger partial charge on any atom is -0.347 e. The Kier molecular flexibility index (Phi) is 6.48. The van der Waals surface area contributed by atoms with E-state index in [2.05, 4.69) is 5.32 Å². The quantitative estimate of drug-likeness (QED) is 0.601. The first kappa shape index (κ1) is 16.2. The van der Waals surface area contributed by atoms with Crippen LogP contribution >= 0.6 is 12.4 Å². The molecule has 2 N–H and O–H groups in total. The lowest BCUT2D eigenvalue weighted by molar-refractivity contribution is -0.169. The topological polar surface area (TPSA) is 41.1 Å². The van der Waals surface area contributed by atoms with Gasteiger partial charge < -0.3 is 10.6 Å². The highest BCUT2D eigenvalue weighted by atomic mass is 35.5. The normalized spacial score (nSPS) is 16.2. The fourth-order valence-corrected chi connectivity index (χ4v) is 1.24. The van der Waals surface area contributed by atoms with Crippen LogP contribution in [0.3, 0.4) is 0 Å². The summed E-state index contributed by atoms with van der Waals surface area (Å²) in [4.78, 5) is 10.8. The molecule has 0 aromatic heterocycles. The zero-order chi connectivity index (χ0) is 12.2. The summed E-state index contributed by atoms with van der Waals surface area (Å²) in [5.74, 6) is -6.55. The molecule has 1 aliphatic rings. The maximum atomic E-state index is 12.5. The average Bonchev–Trinajstić information content (AvgIpc) is 2.27. The molecule has 0 fully saturated rings. The van der Waals surface area contributed by atoms with Gasteiger partial charge in [-0.05, 0) is 13.0 Å². The van der Waals surface area contributed by atoms with Gasteiger partial charge in [-0.2, -0.15) is 8.78 Å². The number of carbonyl (C=O) groups excluding carboxylic acids is 1. The Morgan fingerprint density at radius 1 is 1.53 bits per heavy atom. The number of hydrogen-bond acceptors (Lipinski definition) is 2. The summed E-state index contributed by atoms with van der Waals surface area (Å²) in [5.41, 5.74) is 0.761. The van der Waals surface area contributed by atoms with Crippen molar-refractivity contribution in [2.75, 3.05) is 19.6 Å². The van der Waals surface area contributed by atoms with E-state index in [0.29, 0.717) is 19.5 Å². The van der Waals surface area contributed by atoms with Gasteiger partial charge in [-0.25, -0.2) is 8.78 Å². The molecule has 0 bridgehead atoms. The van der Waals surface area contributed by atoms with Gasteiger partial charge in [0.15, 0.2) is 0 Å². The molecule has 1 rings (SSSR count). The Hall–Kier alpha value is -0.820. The Bertz CT molecular complexity index is 297. The molecular formula is C9H13ClF4N2O. The first-order chi connectivity index (χ1) is 7.44. The van der Waals surface area contributed by atoms with E-state index in [1.54, 1.807) is 6.08 Å². The summed E-state index contributed by atoms with van der Waals surface area (Å²) >= 11 is 0. The second-order valence-corrected chi connectivity index (χ2v) is 3.42. The number of alkyl halides is 4. The highest BCUT2D eigenvalue weighted by Gasteiger charge is 2.48. The SMILES string of the molecule is Cl.O=C(NCC1=CCNCC1)C(F)(F)C(F)F. The molecule has 0 atom stereocenters. The van der Waals surface area contributed by atoms with Gasteiger partial charge in [-0.1, -0.05) is 11.6 Å². The molecule has 0 saturated carbocycles. The molecular weight excluding hydrogens is 264 g/mol. The monoisotopic (exact) mass is 276 g/mol. The maximum Gasteiger partial charge on any atom is 0.383 e. The third kappa shape index (κ3) is 4.51.